The fourth-order valence-electron chi connectivity index (χ4n) is 3.58. The molecule has 0 atom stereocenters. The number of anilines is 1. The smallest absolute Gasteiger partial charge is 0.265 e. The van der Waals surface area contributed by atoms with E-state index in [9.17, 15) is 14.4 Å². The van der Waals surface area contributed by atoms with Gasteiger partial charge in [0, 0.05) is 54.8 Å². The molecule has 0 spiro atoms. The minimum Gasteiger partial charge on any atom is -0.353 e. The van der Waals surface area contributed by atoms with Crippen molar-refractivity contribution in [3.8, 4) is 0 Å². The predicted molar refractivity (Wildman–Crippen MR) is 149 cm³/mol. The summed E-state index contributed by atoms with van der Waals surface area (Å²) in [7, 11) is 0. The molecule has 8 nitrogen and oxygen atoms in total. The molecule has 0 aliphatic carbocycles. The topological polar surface area (TPSA) is 103 Å². The second kappa shape index (κ2) is 15.6. The van der Waals surface area contributed by atoms with Gasteiger partial charge in [0.2, 0.25) is 11.8 Å². The zero-order chi connectivity index (χ0) is 27.1. The van der Waals surface area contributed by atoms with E-state index >= 15 is 0 Å². The Hall–Kier alpha value is -3.52. The summed E-state index contributed by atoms with van der Waals surface area (Å²) in [6.45, 7) is 9.63. The molecule has 1 aromatic heterocycles. The van der Waals surface area contributed by atoms with Crippen molar-refractivity contribution < 1.29 is 14.4 Å². The van der Waals surface area contributed by atoms with Gasteiger partial charge in [-0.2, -0.15) is 0 Å². The van der Waals surface area contributed by atoms with Crippen LogP contribution < -0.4 is 16.1 Å². The van der Waals surface area contributed by atoms with Crippen LogP contribution in [0.15, 0.2) is 54.9 Å². The number of aromatic nitrogens is 1. The van der Waals surface area contributed by atoms with Gasteiger partial charge in [0.1, 0.15) is 0 Å². The van der Waals surface area contributed by atoms with Gasteiger partial charge in [0.25, 0.3) is 5.91 Å². The van der Waals surface area contributed by atoms with Gasteiger partial charge in [0.15, 0.2) is 0 Å². The van der Waals surface area contributed by atoms with Crippen LogP contribution in [-0.4, -0.2) is 46.3 Å². The number of hydrogen-bond donors (Lipinski definition) is 3. The van der Waals surface area contributed by atoms with E-state index in [2.05, 4.69) is 48.7 Å². The zero-order valence-electron chi connectivity index (χ0n) is 22.5. The number of pyridine rings is 1. The third kappa shape index (κ3) is 11.8. The Balaban J connectivity index is 1.61. The molecule has 3 amide bonds. The minimum absolute atomic E-state index is 0.0482. The third-order valence-corrected chi connectivity index (χ3v) is 5.67. The normalized spacial score (nSPS) is 11.5. The van der Waals surface area contributed by atoms with Gasteiger partial charge < -0.3 is 10.6 Å². The van der Waals surface area contributed by atoms with Crippen LogP contribution in [0.25, 0.3) is 6.08 Å². The number of unbranched alkanes of at least 4 members (excludes halogenated alkanes) is 3. The van der Waals surface area contributed by atoms with Crippen LogP contribution in [0.5, 0.6) is 0 Å². The number of hydrogen-bond acceptors (Lipinski definition) is 5. The van der Waals surface area contributed by atoms with E-state index in [1.54, 1.807) is 42.7 Å². The summed E-state index contributed by atoms with van der Waals surface area (Å²) < 4.78 is 0. The van der Waals surface area contributed by atoms with E-state index < -0.39 is 0 Å². The van der Waals surface area contributed by atoms with Gasteiger partial charge >= 0.3 is 0 Å². The lowest BCUT2D eigenvalue weighted by molar-refractivity contribution is -0.117. The van der Waals surface area contributed by atoms with Crippen LogP contribution >= 0.6 is 0 Å². The highest BCUT2D eigenvalue weighted by molar-refractivity contribution is 5.95. The van der Waals surface area contributed by atoms with Crippen molar-refractivity contribution in [1.82, 2.24) is 20.7 Å². The minimum atomic E-state index is -0.175. The van der Waals surface area contributed by atoms with E-state index in [4.69, 9.17) is 0 Å². The molecule has 0 bridgehead atoms. The average molecular weight is 508 g/mol. The number of amides is 3. The molecule has 37 heavy (non-hydrogen) atoms. The fraction of sp³-hybridized carbons (Fsp3) is 0.448. The molecule has 200 valence electrons. The molecule has 0 radical (unpaired) electrons. The number of hydrazine groups is 1. The third-order valence-electron chi connectivity index (χ3n) is 5.67. The van der Waals surface area contributed by atoms with Gasteiger partial charge in [-0.15, -0.1) is 0 Å². The lowest BCUT2D eigenvalue weighted by atomic mass is 10.1. The molecule has 3 N–H and O–H groups in total. The number of rotatable bonds is 14. The van der Waals surface area contributed by atoms with Crippen LogP contribution in [-0.2, 0) is 9.59 Å². The molecule has 0 aliphatic rings. The van der Waals surface area contributed by atoms with Gasteiger partial charge in [-0.3, -0.25) is 24.8 Å². The highest BCUT2D eigenvalue weighted by Crippen LogP contribution is 2.14. The average Bonchev–Trinajstić information content (AvgIpc) is 2.87. The molecule has 0 saturated carbocycles. The highest BCUT2D eigenvalue weighted by atomic mass is 16.2. The van der Waals surface area contributed by atoms with Crippen LogP contribution in [0.2, 0.25) is 0 Å². The summed E-state index contributed by atoms with van der Waals surface area (Å²) in [5.74, 6) is -0.339. The first kappa shape index (κ1) is 29.7. The monoisotopic (exact) mass is 507 g/mol. The van der Waals surface area contributed by atoms with E-state index in [-0.39, 0.29) is 23.3 Å². The van der Waals surface area contributed by atoms with Gasteiger partial charge in [0.05, 0.1) is 0 Å². The van der Waals surface area contributed by atoms with Crippen molar-refractivity contribution in [2.24, 2.45) is 0 Å². The molecular weight excluding hydrogens is 466 g/mol. The Kier molecular flexibility index (Phi) is 12.5. The molecular formula is C29H41N5O3. The maximum atomic E-state index is 12.6. The lowest BCUT2D eigenvalue weighted by Crippen LogP contribution is -2.53. The summed E-state index contributed by atoms with van der Waals surface area (Å²) >= 11 is 0. The Morgan fingerprint density at radius 2 is 1.73 bits per heavy atom. The quantitative estimate of drug-likeness (QED) is 0.191. The molecule has 2 rings (SSSR count). The summed E-state index contributed by atoms with van der Waals surface area (Å²) in [5, 5.41) is 7.70. The molecule has 2 aromatic rings. The fourth-order valence-corrected chi connectivity index (χ4v) is 3.58. The number of benzene rings is 1. The molecule has 8 heteroatoms. The van der Waals surface area contributed by atoms with Gasteiger partial charge in [-0.05, 0) is 82.0 Å². The predicted octanol–water partition coefficient (Wildman–Crippen LogP) is 4.96. The summed E-state index contributed by atoms with van der Waals surface area (Å²) in [6, 6.07) is 10.6. The SMILES string of the molecule is CCCN(NC(=O)c1ccc(NC(=O)CCCCCCNC(=O)C=Cc2cccnc2)cc1)C(C)(C)C. The molecule has 0 saturated heterocycles. The number of nitrogens with one attached hydrogen (secondary N) is 3. The summed E-state index contributed by atoms with van der Waals surface area (Å²) in [6.07, 6.45) is 11.5. The largest absolute Gasteiger partial charge is 0.353 e. The van der Waals surface area contributed by atoms with Crippen LogP contribution in [0.1, 0.15) is 82.1 Å². The molecule has 0 fully saturated rings. The molecule has 1 aromatic carbocycles. The first-order valence-corrected chi connectivity index (χ1v) is 13.0. The Morgan fingerprint density at radius 3 is 2.38 bits per heavy atom. The number of nitrogens with zero attached hydrogens (tertiary/aromatic N) is 2. The highest BCUT2D eigenvalue weighted by Gasteiger charge is 2.22. The maximum absolute atomic E-state index is 12.6. The van der Waals surface area contributed by atoms with Crippen molar-refractivity contribution in [3.63, 3.8) is 0 Å². The Morgan fingerprint density at radius 1 is 1.00 bits per heavy atom. The first-order valence-electron chi connectivity index (χ1n) is 13.0. The van der Waals surface area contributed by atoms with E-state index in [0.29, 0.717) is 24.2 Å². The standard InChI is InChI=1S/C29H41N5O3/c1-5-21-34(29(2,3)4)33-28(37)24-14-16-25(17-15-24)32-27(36)12-8-6-7-9-20-31-26(35)18-13-23-11-10-19-30-22-23/h10-11,13-19,22H,5-9,12,20-21H2,1-4H3,(H,31,35)(H,32,36)(H,33,37). The molecule has 1 heterocycles. The van der Waals surface area contributed by atoms with Crippen molar-refractivity contribution in [2.45, 2.75) is 71.8 Å². The van der Waals surface area contributed by atoms with Crippen molar-refractivity contribution in [1.29, 1.82) is 0 Å². The van der Waals surface area contributed by atoms with Crippen molar-refractivity contribution in [2.75, 3.05) is 18.4 Å². The van der Waals surface area contributed by atoms with Crippen molar-refractivity contribution in [3.05, 3.63) is 66.0 Å². The van der Waals surface area contributed by atoms with Crippen LogP contribution in [0.3, 0.4) is 0 Å². The Labute approximate surface area is 220 Å². The van der Waals surface area contributed by atoms with E-state index in [1.165, 1.54) is 6.08 Å². The van der Waals surface area contributed by atoms with Crippen LogP contribution in [0, 0.1) is 0 Å². The van der Waals surface area contributed by atoms with E-state index in [0.717, 1.165) is 44.2 Å². The number of carbonyl (C=O) groups excluding carboxylic acids is 3. The maximum Gasteiger partial charge on any atom is 0.265 e. The Bertz CT molecular complexity index is 1010. The first-order chi connectivity index (χ1) is 17.7. The second-order valence-electron chi connectivity index (χ2n) is 9.96. The summed E-state index contributed by atoms with van der Waals surface area (Å²) in [4.78, 5) is 40.7. The zero-order valence-corrected chi connectivity index (χ0v) is 22.5. The lowest BCUT2D eigenvalue weighted by Gasteiger charge is -2.35. The number of carbonyl (C=O) groups is 3. The summed E-state index contributed by atoms with van der Waals surface area (Å²) in [5.41, 5.74) is 4.90. The molecule has 0 unspecified atom stereocenters. The van der Waals surface area contributed by atoms with Crippen LogP contribution in [0.4, 0.5) is 5.69 Å². The van der Waals surface area contributed by atoms with E-state index in [1.807, 2.05) is 17.1 Å². The second-order valence-corrected chi connectivity index (χ2v) is 9.96. The van der Waals surface area contributed by atoms with Gasteiger partial charge in [-0.1, -0.05) is 25.8 Å². The van der Waals surface area contributed by atoms with Gasteiger partial charge in [-0.25, -0.2) is 5.01 Å². The molecule has 0 aliphatic heterocycles. The van der Waals surface area contributed by atoms with Crippen molar-refractivity contribution >= 4 is 29.5 Å².